The van der Waals surface area contributed by atoms with Crippen LogP contribution in [0.1, 0.15) is 16.7 Å². The average molecular weight is 579 g/mol. The van der Waals surface area contributed by atoms with E-state index in [-0.39, 0.29) is 34.5 Å². The molecule has 0 aliphatic heterocycles. The van der Waals surface area contributed by atoms with Gasteiger partial charge in [0, 0.05) is 6.08 Å². The first-order chi connectivity index (χ1) is 20.0. The predicted octanol–water partition coefficient (Wildman–Crippen LogP) is 4.52. The highest BCUT2D eigenvalue weighted by molar-refractivity contribution is 5.92. The second kappa shape index (κ2) is 13.9. The number of phenols is 1. The first-order valence-electron chi connectivity index (χ1n) is 11.9. The van der Waals surface area contributed by atoms with E-state index in [9.17, 15) is 29.7 Å². The molecule has 3 aromatic carbocycles. The molecule has 12 nitrogen and oxygen atoms in total. The van der Waals surface area contributed by atoms with Crippen molar-refractivity contribution in [3.63, 3.8) is 0 Å². The van der Waals surface area contributed by atoms with Crippen LogP contribution in [-0.4, -0.2) is 59.7 Å². The second-order valence-electron chi connectivity index (χ2n) is 8.26. The minimum Gasteiger partial charge on any atom is -0.504 e. The van der Waals surface area contributed by atoms with E-state index in [1.54, 1.807) is 0 Å². The van der Waals surface area contributed by atoms with E-state index >= 15 is 0 Å². The van der Waals surface area contributed by atoms with Gasteiger partial charge < -0.3 is 44.1 Å². The number of methoxy groups -OCH3 is 3. The van der Waals surface area contributed by atoms with Crippen molar-refractivity contribution in [3.8, 4) is 34.5 Å². The van der Waals surface area contributed by atoms with Gasteiger partial charge in [0.15, 0.2) is 34.5 Å². The van der Waals surface area contributed by atoms with E-state index in [0.717, 1.165) is 6.08 Å². The summed E-state index contributed by atoms with van der Waals surface area (Å²) in [6.07, 6.45) is 4.72. The molecule has 0 fully saturated rings. The number of benzene rings is 3. The fourth-order valence-corrected chi connectivity index (χ4v) is 3.49. The molecule has 0 spiro atoms. The summed E-state index contributed by atoms with van der Waals surface area (Å²) in [4.78, 5) is 34.6. The van der Waals surface area contributed by atoms with Gasteiger partial charge in [-0.25, -0.2) is 14.4 Å². The Labute approximate surface area is 239 Å². The Morgan fingerprint density at radius 2 is 1.02 bits per heavy atom. The van der Waals surface area contributed by atoms with Crippen LogP contribution in [0.2, 0.25) is 0 Å². The van der Waals surface area contributed by atoms with E-state index in [0.29, 0.717) is 16.7 Å². The summed E-state index contributed by atoms with van der Waals surface area (Å²) in [5.41, 5.74) is 1.19. The van der Waals surface area contributed by atoms with Gasteiger partial charge in [-0.15, -0.1) is 0 Å². The van der Waals surface area contributed by atoms with Crippen molar-refractivity contribution in [3.05, 3.63) is 88.9 Å². The molecule has 3 aromatic rings. The van der Waals surface area contributed by atoms with Crippen molar-refractivity contribution >= 4 is 36.1 Å². The summed E-state index contributed by atoms with van der Waals surface area (Å²) in [5.74, 6) is -4.49. The molecule has 0 unspecified atom stereocenters. The van der Waals surface area contributed by atoms with Crippen LogP contribution < -0.4 is 23.7 Å². The largest absolute Gasteiger partial charge is 0.504 e. The van der Waals surface area contributed by atoms with Crippen molar-refractivity contribution < 1.29 is 58.5 Å². The molecule has 0 radical (unpaired) electrons. The minimum atomic E-state index is -1.40. The van der Waals surface area contributed by atoms with Crippen LogP contribution in [0.5, 0.6) is 34.5 Å². The van der Waals surface area contributed by atoms with Crippen LogP contribution in [0.4, 0.5) is 0 Å². The third-order valence-electron chi connectivity index (χ3n) is 5.45. The molecule has 42 heavy (non-hydrogen) atoms. The van der Waals surface area contributed by atoms with E-state index in [1.807, 2.05) is 0 Å². The van der Waals surface area contributed by atoms with Crippen LogP contribution in [0.25, 0.3) is 18.2 Å². The minimum absolute atomic E-state index is 0.0264. The summed E-state index contributed by atoms with van der Waals surface area (Å²) >= 11 is 0. The first-order valence-corrected chi connectivity index (χ1v) is 11.9. The number of phenolic OH excluding ortho intramolecular Hbond substituents is 1. The molecule has 0 atom stereocenters. The molecule has 0 aromatic heterocycles. The lowest BCUT2D eigenvalue weighted by Gasteiger charge is -2.13. The van der Waals surface area contributed by atoms with Gasteiger partial charge in [-0.05, 0) is 71.3 Å². The Hall–Kier alpha value is -5.91. The molecule has 4 N–H and O–H groups in total. The van der Waals surface area contributed by atoms with E-state index in [4.69, 9.17) is 28.8 Å². The number of hydrogen-bond donors (Lipinski definition) is 4. The van der Waals surface area contributed by atoms with E-state index in [2.05, 4.69) is 0 Å². The lowest BCUT2D eigenvalue weighted by molar-refractivity contribution is -0.135. The smallest absolute Gasteiger partial charge is 0.371 e. The van der Waals surface area contributed by atoms with Crippen LogP contribution in [0.3, 0.4) is 0 Å². The highest BCUT2D eigenvalue weighted by Crippen LogP contribution is 2.34. The number of carbonyl (C=O) groups is 3. The third kappa shape index (κ3) is 8.05. The first kappa shape index (κ1) is 30.6. The number of rotatable bonds is 13. The normalized spacial score (nSPS) is 11.6. The number of aliphatic carboxylic acids is 3. The van der Waals surface area contributed by atoms with Crippen LogP contribution in [0.15, 0.2) is 72.2 Å². The number of carboxylic acid groups (broad SMARTS) is 3. The Bertz CT molecular complexity index is 1580. The van der Waals surface area contributed by atoms with Gasteiger partial charge in [0.2, 0.25) is 11.5 Å². The highest BCUT2D eigenvalue weighted by Gasteiger charge is 2.17. The lowest BCUT2D eigenvalue weighted by Crippen LogP contribution is -2.09. The number of ether oxygens (including phenoxy) is 5. The fourth-order valence-electron chi connectivity index (χ4n) is 3.49. The SMILES string of the molecule is COc1cc(/C=C(\Oc2ccc(/C=C(/Oc3ccc(/C=C\C(=O)O)cc3OC)C(=O)O)cc2OC)C(=O)O)ccc1O. The molecule has 3 rings (SSSR count). The molecule has 12 heteroatoms. The quantitative estimate of drug-likeness (QED) is 0.165. The maximum Gasteiger partial charge on any atom is 0.371 e. The number of aromatic hydroxyl groups is 1. The number of carboxylic acids is 3. The molecular formula is C30H26O12. The van der Waals surface area contributed by atoms with Gasteiger partial charge in [0.1, 0.15) is 0 Å². The molecule has 0 amide bonds. The lowest BCUT2D eigenvalue weighted by atomic mass is 10.1. The summed E-state index contributed by atoms with van der Waals surface area (Å²) in [5, 5.41) is 38.0. The Morgan fingerprint density at radius 1 is 0.595 bits per heavy atom. The highest BCUT2D eigenvalue weighted by atomic mass is 16.5. The molecule has 0 aliphatic carbocycles. The second-order valence-corrected chi connectivity index (χ2v) is 8.26. The zero-order chi connectivity index (χ0) is 30.8. The Morgan fingerprint density at radius 3 is 1.48 bits per heavy atom. The summed E-state index contributed by atoms with van der Waals surface area (Å²) in [6, 6.07) is 12.9. The van der Waals surface area contributed by atoms with Crippen molar-refractivity contribution in [2.24, 2.45) is 0 Å². The van der Waals surface area contributed by atoms with Gasteiger partial charge in [0.25, 0.3) is 0 Å². The monoisotopic (exact) mass is 578 g/mol. The average Bonchev–Trinajstić information content (AvgIpc) is 2.96. The van der Waals surface area contributed by atoms with Gasteiger partial charge in [-0.1, -0.05) is 18.2 Å². The Balaban J connectivity index is 1.91. The van der Waals surface area contributed by atoms with Crippen LogP contribution in [0, 0.1) is 0 Å². The third-order valence-corrected chi connectivity index (χ3v) is 5.45. The maximum atomic E-state index is 12.0. The predicted molar refractivity (Wildman–Crippen MR) is 150 cm³/mol. The van der Waals surface area contributed by atoms with E-state index in [1.165, 1.54) is 94.2 Å². The van der Waals surface area contributed by atoms with Gasteiger partial charge in [0.05, 0.1) is 21.3 Å². The standard InChI is InChI=1S/C30H26O12/c1-38-23-13-18(4-8-20(23)31)15-26(29(34)35)42-22-10-6-19(14-25(22)40-3)16-27(30(36)37)41-21-9-5-17(7-11-28(32)33)12-24(21)39-2/h4-16,31H,1-3H3,(H,32,33)(H,34,35)(H,36,37)/b11-7-,26-15-,27-16+. The molecule has 0 heterocycles. The zero-order valence-electron chi connectivity index (χ0n) is 22.6. The van der Waals surface area contributed by atoms with Crippen molar-refractivity contribution in [2.75, 3.05) is 21.3 Å². The van der Waals surface area contributed by atoms with Crippen molar-refractivity contribution in [2.45, 2.75) is 0 Å². The van der Waals surface area contributed by atoms with E-state index < -0.39 is 29.4 Å². The van der Waals surface area contributed by atoms with Gasteiger partial charge in [-0.3, -0.25) is 0 Å². The maximum absolute atomic E-state index is 12.0. The van der Waals surface area contributed by atoms with Crippen molar-refractivity contribution in [1.29, 1.82) is 0 Å². The van der Waals surface area contributed by atoms with Crippen LogP contribution in [-0.2, 0) is 14.4 Å². The Kier molecular flexibility index (Phi) is 10.2. The summed E-state index contributed by atoms with van der Waals surface area (Å²) in [6.45, 7) is 0. The molecule has 0 saturated heterocycles. The molecule has 0 saturated carbocycles. The fraction of sp³-hybridized carbons (Fsp3) is 0.100. The van der Waals surface area contributed by atoms with Crippen molar-refractivity contribution in [1.82, 2.24) is 0 Å². The zero-order valence-corrected chi connectivity index (χ0v) is 22.6. The topological polar surface area (TPSA) is 178 Å². The molecule has 0 aliphatic rings. The van der Waals surface area contributed by atoms with Crippen LogP contribution >= 0.6 is 0 Å². The molecular weight excluding hydrogens is 552 g/mol. The summed E-state index contributed by atoms with van der Waals surface area (Å²) in [7, 11) is 4.02. The summed E-state index contributed by atoms with van der Waals surface area (Å²) < 4.78 is 26.8. The van der Waals surface area contributed by atoms with Gasteiger partial charge in [-0.2, -0.15) is 0 Å². The molecule has 218 valence electrons. The van der Waals surface area contributed by atoms with Gasteiger partial charge >= 0.3 is 17.9 Å². The number of hydrogen-bond acceptors (Lipinski definition) is 9. The molecule has 0 bridgehead atoms.